The topological polar surface area (TPSA) is 52.3 Å². The maximum absolute atomic E-state index is 11.4. The fourth-order valence-electron chi connectivity index (χ4n) is 3.23. The first-order chi connectivity index (χ1) is 14.1. The normalized spacial score (nSPS) is 10.9. The predicted octanol–water partition coefficient (Wildman–Crippen LogP) is 6.29. The van der Waals surface area contributed by atoms with Gasteiger partial charge in [-0.05, 0) is 33.6 Å². The van der Waals surface area contributed by atoms with Crippen LogP contribution in [0.3, 0.4) is 0 Å². The van der Waals surface area contributed by atoms with E-state index in [-0.39, 0.29) is 5.97 Å². The highest BCUT2D eigenvalue weighted by Crippen LogP contribution is 2.33. The molecule has 0 aliphatic carbocycles. The Bertz CT molecular complexity index is 861. The van der Waals surface area contributed by atoms with E-state index in [1.165, 1.54) is 11.1 Å². The molecule has 0 saturated heterocycles. The van der Waals surface area contributed by atoms with Gasteiger partial charge >= 0.3 is 5.97 Å². The number of nitrogens with zero attached hydrogens (tertiary/aromatic N) is 1. The lowest BCUT2D eigenvalue weighted by Crippen LogP contribution is -2.03. The average Bonchev–Trinajstić information content (AvgIpc) is 3.13. The molecule has 0 amide bonds. The van der Waals surface area contributed by atoms with Crippen LogP contribution in [0.1, 0.15) is 49.6 Å². The van der Waals surface area contributed by atoms with Gasteiger partial charge in [-0.1, -0.05) is 66.1 Å². The number of aromatic nitrogens is 1. The first kappa shape index (κ1) is 20.8. The fraction of sp³-hybridized carbons (Fsp3) is 0.360. The summed E-state index contributed by atoms with van der Waals surface area (Å²) in [6, 6.07) is 16.7. The largest absolute Gasteiger partial charge is 0.466 e. The molecule has 0 aliphatic rings. The number of carbonyl (C=O) groups excluding carboxylic acids is 1. The number of aryl methyl sites for hydroxylation is 3. The van der Waals surface area contributed by atoms with Crippen molar-refractivity contribution in [2.75, 3.05) is 6.61 Å². The number of unbranched alkanes of at least 4 members (excludes halogenated alkanes) is 2. The molecule has 0 unspecified atom stereocenters. The van der Waals surface area contributed by atoms with E-state index in [9.17, 15) is 4.79 Å². The van der Waals surface area contributed by atoms with Crippen molar-refractivity contribution in [1.82, 2.24) is 4.98 Å². The van der Waals surface area contributed by atoms with E-state index in [1.807, 2.05) is 6.92 Å². The van der Waals surface area contributed by atoms with Gasteiger partial charge in [0.05, 0.1) is 6.61 Å². The van der Waals surface area contributed by atoms with Gasteiger partial charge in [-0.2, -0.15) is 0 Å². The van der Waals surface area contributed by atoms with Gasteiger partial charge < -0.3 is 9.15 Å². The van der Waals surface area contributed by atoms with Gasteiger partial charge in [-0.15, -0.1) is 0 Å². The highest BCUT2D eigenvalue weighted by atomic mass is 16.5. The van der Waals surface area contributed by atoms with E-state index in [1.54, 1.807) is 0 Å². The molecule has 29 heavy (non-hydrogen) atoms. The molecule has 0 atom stereocenters. The predicted molar refractivity (Wildman–Crippen MR) is 116 cm³/mol. The zero-order valence-electron chi connectivity index (χ0n) is 17.5. The van der Waals surface area contributed by atoms with E-state index >= 15 is 0 Å². The number of oxazole rings is 1. The molecule has 0 spiro atoms. The first-order valence-corrected chi connectivity index (χ1v) is 10.4. The minimum Gasteiger partial charge on any atom is -0.466 e. The summed E-state index contributed by atoms with van der Waals surface area (Å²) in [5, 5.41) is 0. The second-order valence-corrected chi connectivity index (χ2v) is 7.38. The summed E-state index contributed by atoms with van der Waals surface area (Å²) >= 11 is 0. The van der Waals surface area contributed by atoms with Crippen molar-refractivity contribution >= 4 is 5.97 Å². The summed E-state index contributed by atoms with van der Waals surface area (Å²) < 4.78 is 11.2. The monoisotopic (exact) mass is 391 g/mol. The van der Waals surface area contributed by atoms with Crippen molar-refractivity contribution in [3.63, 3.8) is 0 Å². The Morgan fingerprint density at radius 3 is 2.14 bits per heavy atom. The number of hydrogen-bond acceptors (Lipinski definition) is 4. The van der Waals surface area contributed by atoms with Crippen LogP contribution < -0.4 is 0 Å². The molecule has 0 saturated carbocycles. The van der Waals surface area contributed by atoms with Crippen molar-refractivity contribution in [3.8, 4) is 22.6 Å². The SMILES string of the molecule is CCOC(=O)CCCCCc1nc(-c2ccc(C)cc2)c(-c2ccc(C)cc2)o1. The lowest BCUT2D eigenvalue weighted by molar-refractivity contribution is -0.143. The van der Waals surface area contributed by atoms with Gasteiger partial charge in [0, 0.05) is 24.0 Å². The van der Waals surface area contributed by atoms with Crippen LogP contribution in [-0.4, -0.2) is 17.6 Å². The molecule has 152 valence electrons. The number of hydrogen-bond donors (Lipinski definition) is 0. The Morgan fingerprint density at radius 2 is 1.52 bits per heavy atom. The van der Waals surface area contributed by atoms with E-state index in [2.05, 4.69) is 62.4 Å². The van der Waals surface area contributed by atoms with Crippen molar-refractivity contribution < 1.29 is 13.9 Å². The highest BCUT2D eigenvalue weighted by molar-refractivity contribution is 5.77. The number of esters is 1. The van der Waals surface area contributed by atoms with Crippen LogP contribution in [0.2, 0.25) is 0 Å². The molecule has 4 nitrogen and oxygen atoms in total. The molecule has 1 aromatic heterocycles. The molecule has 2 aromatic carbocycles. The third-order valence-corrected chi connectivity index (χ3v) is 4.89. The van der Waals surface area contributed by atoms with Crippen molar-refractivity contribution in [2.45, 2.75) is 52.9 Å². The minimum absolute atomic E-state index is 0.119. The van der Waals surface area contributed by atoms with E-state index in [0.29, 0.717) is 13.0 Å². The van der Waals surface area contributed by atoms with Crippen LogP contribution >= 0.6 is 0 Å². The summed E-state index contributed by atoms with van der Waals surface area (Å²) in [6.07, 6.45) is 3.94. The van der Waals surface area contributed by atoms with Crippen molar-refractivity contribution in [1.29, 1.82) is 0 Å². The van der Waals surface area contributed by atoms with Crippen LogP contribution in [0.25, 0.3) is 22.6 Å². The van der Waals surface area contributed by atoms with Crippen LogP contribution in [0, 0.1) is 13.8 Å². The zero-order valence-corrected chi connectivity index (χ0v) is 17.5. The summed E-state index contributed by atoms with van der Waals surface area (Å²) in [5.41, 5.74) is 5.41. The van der Waals surface area contributed by atoms with Crippen molar-refractivity contribution in [2.24, 2.45) is 0 Å². The third kappa shape index (κ3) is 5.80. The van der Waals surface area contributed by atoms with Gasteiger partial charge in [0.1, 0.15) is 5.69 Å². The standard InChI is InChI=1S/C25H29NO3/c1-4-28-23(27)9-7-5-6-8-22-26-24(20-14-10-18(2)11-15-20)25(29-22)21-16-12-19(3)13-17-21/h10-17H,4-9H2,1-3H3. The number of ether oxygens (including phenoxy) is 1. The van der Waals surface area contributed by atoms with Crippen LogP contribution in [0.4, 0.5) is 0 Å². The number of carbonyl (C=O) groups is 1. The lowest BCUT2D eigenvalue weighted by Gasteiger charge is -2.03. The molecule has 3 aromatic rings. The van der Waals surface area contributed by atoms with Crippen LogP contribution in [0.5, 0.6) is 0 Å². The highest BCUT2D eigenvalue weighted by Gasteiger charge is 2.17. The second-order valence-electron chi connectivity index (χ2n) is 7.38. The Morgan fingerprint density at radius 1 is 0.897 bits per heavy atom. The summed E-state index contributed by atoms with van der Waals surface area (Å²) in [7, 11) is 0. The van der Waals surface area contributed by atoms with E-state index in [0.717, 1.165) is 54.2 Å². The summed E-state index contributed by atoms with van der Waals surface area (Å²) in [6.45, 7) is 6.43. The molecule has 1 heterocycles. The Hall–Kier alpha value is -2.88. The van der Waals surface area contributed by atoms with Gasteiger partial charge in [0.15, 0.2) is 11.7 Å². The number of rotatable bonds is 9. The molecular formula is C25H29NO3. The molecule has 4 heteroatoms. The maximum atomic E-state index is 11.4. The summed E-state index contributed by atoms with van der Waals surface area (Å²) in [5.74, 6) is 1.44. The van der Waals surface area contributed by atoms with Crippen LogP contribution in [0.15, 0.2) is 52.9 Å². The molecule has 0 bridgehead atoms. The van der Waals surface area contributed by atoms with E-state index in [4.69, 9.17) is 14.1 Å². The molecular weight excluding hydrogens is 362 g/mol. The van der Waals surface area contributed by atoms with E-state index < -0.39 is 0 Å². The van der Waals surface area contributed by atoms with Crippen LogP contribution in [-0.2, 0) is 16.0 Å². The van der Waals surface area contributed by atoms with Gasteiger partial charge in [-0.3, -0.25) is 4.79 Å². The molecule has 3 rings (SSSR count). The maximum Gasteiger partial charge on any atom is 0.305 e. The van der Waals surface area contributed by atoms with Crippen molar-refractivity contribution in [3.05, 3.63) is 65.5 Å². The average molecular weight is 392 g/mol. The molecule has 0 aliphatic heterocycles. The molecule has 0 fully saturated rings. The zero-order chi connectivity index (χ0) is 20.6. The number of benzene rings is 2. The Labute approximate surface area is 172 Å². The fourth-order valence-corrected chi connectivity index (χ4v) is 3.23. The van der Waals surface area contributed by atoms with Gasteiger partial charge in [0.25, 0.3) is 0 Å². The summed E-state index contributed by atoms with van der Waals surface area (Å²) in [4.78, 5) is 16.2. The first-order valence-electron chi connectivity index (χ1n) is 10.4. The molecule has 0 radical (unpaired) electrons. The Balaban J connectivity index is 1.73. The lowest BCUT2D eigenvalue weighted by atomic mass is 10.0. The smallest absolute Gasteiger partial charge is 0.305 e. The van der Waals surface area contributed by atoms with Gasteiger partial charge in [-0.25, -0.2) is 4.98 Å². The Kier molecular flexibility index (Phi) is 7.23. The van der Waals surface area contributed by atoms with Gasteiger partial charge in [0.2, 0.25) is 0 Å². The third-order valence-electron chi connectivity index (χ3n) is 4.89. The molecule has 0 N–H and O–H groups in total. The second kappa shape index (κ2) is 10.1. The quantitative estimate of drug-likeness (QED) is 0.318. The minimum atomic E-state index is -0.119.